The number of nitrogens with zero attached hydrogens (tertiary/aromatic N) is 1. The minimum atomic E-state index is -0.0971. The number of benzene rings is 1. The van der Waals surface area contributed by atoms with Crippen LogP contribution in [0.2, 0.25) is 10.0 Å². The number of halogens is 2. The number of rotatable bonds is 8. The van der Waals surface area contributed by atoms with Crippen LogP contribution in [0, 0.1) is 0 Å². The van der Waals surface area contributed by atoms with Crippen molar-refractivity contribution >= 4 is 34.8 Å². The molecule has 0 heterocycles. The Balaban J connectivity index is 2.24. The predicted octanol–water partition coefficient (Wildman–Crippen LogP) is 2.86. The Hall–Kier alpha value is -0.810. The molecule has 0 aliphatic rings. The first-order chi connectivity index (χ1) is 9.50. The molecule has 20 heavy (non-hydrogen) atoms. The highest BCUT2D eigenvalue weighted by atomic mass is 35.5. The maximum absolute atomic E-state index is 11.8. The molecule has 4 nitrogen and oxygen atoms in total. The van der Waals surface area contributed by atoms with Gasteiger partial charge in [-0.2, -0.15) is 0 Å². The molecule has 1 amide bonds. The molecule has 1 aromatic carbocycles. The van der Waals surface area contributed by atoms with E-state index in [1.165, 1.54) is 0 Å². The average Bonchev–Trinajstić information content (AvgIpc) is 2.38. The summed E-state index contributed by atoms with van der Waals surface area (Å²) in [6, 6.07) is 5.14. The molecule has 0 saturated heterocycles. The summed E-state index contributed by atoms with van der Waals surface area (Å²) in [7, 11) is 4.08. The fraction of sp³-hybridized carbons (Fsp3) is 0.500. The van der Waals surface area contributed by atoms with E-state index in [2.05, 4.69) is 15.5 Å². The molecule has 0 atom stereocenters. The minimum Gasteiger partial charge on any atom is -0.324 e. The lowest BCUT2D eigenvalue weighted by Crippen LogP contribution is -2.25. The Morgan fingerprint density at radius 1 is 1.20 bits per heavy atom. The number of carbonyl (C=O) groups is 1. The lowest BCUT2D eigenvalue weighted by molar-refractivity contribution is -0.116. The quantitative estimate of drug-likeness (QED) is 0.725. The highest BCUT2D eigenvalue weighted by molar-refractivity contribution is 6.39. The first kappa shape index (κ1) is 17.2. The zero-order valence-corrected chi connectivity index (χ0v) is 13.4. The molecule has 0 radical (unpaired) electrons. The summed E-state index contributed by atoms with van der Waals surface area (Å²) in [6.45, 7) is 2.58. The van der Waals surface area contributed by atoms with Crippen LogP contribution in [0.15, 0.2) is 18.2 Å². The van der Waals surface area contributed by atoms with Crippen molar-refractivity contribution in [2.75, 3.05) is 39.0 Å². The van der Waals surface area contributed by atoms with E-state index in [9.17, 15) is 4.79 Å². The normalized spacial score (nSPS) is 10.8. The Kier molecular flexibility index (Phi) is 7.92. The highest BCUT2D eigenvalue weighted by Gasteiger charge is 2.08. The van der Waals surface area contributed by atoms with Crippen molar-refractivity contribution in [3.63, 3.8) is 0 Å². The van der Waals surface area contributed by atoms with Gasteiger partial charge in [0.2, 0.25) is 5.91 Å². The first-order valence-electron chi connectivity index (χ1n) is 6.60. The van der Waals surface area contributed by atoms with Crippen LogP contribution in [0.4, 0.5) is 5.69 Å². The minimum absolute atomic E-state index is 0.0971. The van der Waals surface area contributed by atoms with E-state index in [0.29, 0.717) is 28.7 Å². The van der Waals surface area contributed by atoms with Gasteiger partial charge in [-0.05, 0) is 45.7 Å². The number of anilines is 1. The van der Waals surface area contributed by atoms with Crippen molar-refractivity contribution in [2.45, 2.75) is 12.8 Å². The molecule has 112 valence electrons. The second kappa shape index (κ2) is 9.19. The van der Waals surface area contributed by atoms with E-state index in [1.807, 2.05) is 14.1 Å². The van der Waals surface area contributed by atoms with Crippen LogP contribution in [0.1, 0.15) is 12.8 Å². The van der Waals surface area contributed by atoms with Gasteiger partial charge in [-0.25, -0.2) is 0 Å². The number of hydrogen-bond acceptors (Lipinski definition) is 3. The molecule has 0 aliphatic heterocycles. The summed E-state index contributed by atoms with van der Waals surface area (Å²) in [5.41, 5.74) is 0.480. The predicted molar refractivity (Wildman–Crippen MR) is 85.7 cm³/mol. The van der Waals surface area contributed by atoms with Gasteiger partial charge in [-0.1, -0.05) is 29.3 Å². The highest BCUT2D eigenvalue weighted by Crippen LogP contribution is 2.29. The zero-order chi connectivity index (χ0) is 15.0. The van der Waals surface area contributed by atoms with E-state index in [-0.39, 0.29) is 5.91 Å². The van der Waals surface area contributed by atoms with E-state index in [0.717, 1.165) is 19.5 Å². The van der Waals surface area contributed by atoms with Gasteiger partial charge in [0.15, 0.2) is 0 Å². The molecule has 6 heteroatoms. The monoisotopic (exact) mass is 317 g/mol. The molecular formula is C14H21Cl2N3O. The number of para-hydroxylation sites is 1. The van der Waals surface area contributed by atoms with Gasteiger partial charge < -0.3 is 15.5 Å². The van der Waals surface area contributed by atoms with Crippen LogP contribution < -0.4 is 10.6 Å². The van der Waals surface area contributed by atoms with Crippen LogP contribution in [0.3, 0.4) is 0 Å². The van der Waals surface area contributed by atoms with E-state index >= 15 is 0 Å². The van der Waals surface area contributed by atoms with Crippen molar-refractivity contribution < 1.29 is 4.79 Å². The van der Waals surface area contributed by atoms with Crippen LogP contribution in [-0.4, -0.2) is 44.5 Å². The Morgan fingerprint density at radius 3 is 2.45 bits per heavy atom. The summed E-state index contributed by atoms with van der Waals surface area (Å²) in [6.07, 6.45) is 1.45. The molecule has 0 bridgehead atoms. The summed E-state index contributed by atoms with van der Waals surface area (Å²) < 4.78 is 0. The average molecular weight is 318 g/mol. The largest absolute Gasteiger partial charge is 0.324 e. The van der Waals surface area contributed by atoms with Gasteiger partial charge in [0.05, 0.1) is 15.7 Å². The van der Waals surface area contributed by atoms with E-state index in [1.54, 1.807) is 18.2 Å². The Bertz CT molecular complexity index is 418. The summed E-state index contributed by atoms with van der Waals surface area (Å²) in [5, 5.41) is 6.87. The van der Waals surface area contributed by atoms with Gasteiger partial charge in [0.25, 0.3) is 0 Å². The third-order valence-corrected chi connectivity index (χ3v) is 3.34. The molecule has 0 saturated carbocycles. The van der Waals surface area contributed by atoms with E-state index < -0.39 is 0 Å². The maximum Gasteiger partial charge on any atom is 0.225 e. The Labute approximate surface area is 130 Å². The first-order valence-corrected chi connectivity index (χ1v) is 7.35. The number of nitrogens with one attached hydrogen (secondary N) is 2. The molecule has 1 aromatic rings. The Morgan fingerprint density at radius 2 is 1.85 bits per heavy atom. The smallest absolute Gasteiger partial charge is 0.225 e. The molecular weight excluding hydrogens is 297 g/mol. The van der Waals surface area contributed by atoms with Gasteiger partial charge in [-0.15, -0.1) is 0 Å². The lowest BCUT2D eigenvalue weighted by atomic mass is 10.3. The molecule has 0 fully saturated rings. The molecule has 0 aliphatic carbocycles. The van der Waals surface area contributed by atoms with E-state index in [4.69, 9.17) is 23.2 Å². The van der Waals surface area contributed by atoms with Gasteiger partial charge in [0.1, 0.15) is 0 Å². The summed E-state index contributed by atoms with van der Waals surface area (Å²) in [4.78, 5) is 13.9. The summed E-state index contributed by atoms with van der Waals surface area (Å²) >= 11 is 12.0. The molecule has 0 spiro atoms. The second-order valence-corrected chi connectivity index (χ2v) is 5.62. The van der Waals surface area contributed by atoms with Gasteiger partial charge >= 0.3 is 0 Å². The fourth-order valence-electron chi connectivity index (χ4n) is 1.67. The number of hydrogen-bond donors (Lipinski definition) is 2. The SMILES string of the molecule is CN(C)CCCNCCC(=O)Nc1c(Cl)cccc1Cl. The molecule has 2 N–H and O–H groups in total. The zero-order valence-electron chi connectivity index (χ0n) is 11.9. The summed E-state index contributed by atoms with van der Waals surface area (Å²) in [5.74, 6) is -0.0971. The van der Waals surface area contributed by atoms with Gasteiger partial charge in [0, 0.05) is 13.0 Å². The van der Waals surface area contributed by atoms with Crippen LogP contribution in [-0.2, 0) is 4.79 Å². The third-order valence-electron chi connectivity index (χ3n) is 2.71. The van der Waals surface area contributed by atoms with Crippen molar-refractivity contribution in [2.24, 2.45) is 0 Å². The van der Waals surface area contributed by atoms with Crippen molar-refractivity contribution in [1.82, 2.24) is 10.2 Å². The topological polar surface area (TPSA) is 44.4 Å². The standard InChI is InChI=1S/C14H21Cl2N3O/c1-19(2)10-4-8-17-9-7-13(20)18-14-11(15)5-3-6-12(14)16/h3,5-6,17H,4,7-10H2,1-2H3,(H,18,20). The molecule has 0 unspecified atom stereocenters. The van der Waals surface area contributed by atoms with Crippen LogP contribution in [0.25, 0.3) is 0 Å². The van der Waals surface area contributed by atoms with Crippen molar-refractivity contribution in [3.8, 4) is 0 Å². The maximum atomic E-state index is 11.8. The van der Waals surface area contributed by atoms with Gasteiger partial charge in [-0.3, -0.25) is 4.79 Å². The third kappa shape index (κ3) is 6.57. The van der Waals surface area contributed by atoms with Crippen molar-refractivity contribution in [1.29, 1.82) is 0 Å². The number of amides is 1. The lowest BCUT2D eigenvalue weighted by Gasteiger charge is -2.11. The van der Waals surface area contributed by atoms with Crippen molar-refractivity contribution in [3.05, 3.63) is 28.2 Å². The molecule has 1 rings (SSSR count). The van der Waals surface area contributed by atoms with Crippen LogP contribution in [0.5, 0.6) is 0 Å². The second-order valence-electron chi connectivity index (χ2n) is 4.80. The fourth-order valence-corrected chi connectivity index (χ4v) is 2.16. The van der Waals surface area contributed by atoms with Crippen LogP contribution >= 0.6 is 23.2 Å². The molecule has 0 aromatic heterocycles. The number of carbonyl (C=O) groups excluding carboxylic acids is 1.